The molecule has 4 N–H and O–H groups in total. The van der Waals surface area contributed by atoms with Gasteiger partial charge >= 0.3 is 0 Å². The van der Waals surface area contributed by atoms with Crippen molar-refractivity contribution in [2.24, 2.45) is 0 Å². The molecule has 0 spiro atoms. The minimum Gasteiger partial charge on any atom is -0.384 e. The van der Waals surface area contributed by atoms with Crippen molar-refractivity contribution in [1.29, 1.82) is 0 Å². The number of ketones is 1. The van der Waals surface area contributed by atoms with Gasteiger partial charge in [0.1, 0.15) is 0 Å². The molecule has 4 aromatic rings. The van der Waals surface area contributed by atoms with Crippen LogP contribution < -0.4 is 21.3 Å². The van der Waals surface area contributed by atoms with E-state index in [1.54, 1.807) is 0 Å². The SMILES string of the molecule is CCNc1cc(C(=O)c2ccc(Nc3ccccc3)c(NCC)c2)ccc1Nc1ccccc1. The molecule has 0 aliphatic carbocycles. The van der Waals surface area contributed by atoms with Gasteiger partial charge < -0.3 is 21.3 Å². The summed E-state index contributed by atoms with van der Waals surface area (Å²) in [6, 6.07) is 31.5. The molecule has 0 unspecified atom stereocenters. The molecule has 0 radical (unpaired) electrons. The topological polar surface area (TPSA) is 65.2 Å². The number of nitrogens with one attached hydrogen (secondary N) is 4. The van der Waals surface area contributed by atoms with Gasteiger partial charge in [-0.3, -0.25) is 4.79 Å². The third kappa shape index (κ3) is 5.56. The van der Waals surface area contributed by atoms with Crippen LogP contribution >= 0.6 is 0 Å². The van der Waals surface area contributed by atoms with Crippen LogP contribution in [0.25, 0.3) is 0 Å². The monoisotopic (exact) mass is 450 g/mol. The van der Waals surface area contributed by atoms with Crippen LogP contribution in [0.5, 0.6) is 0 Å². The summed E-state index contributed by atoms with van der Waals surface area (Å²) in [6.45, 7) is 5.60. The number of benzene rings is 4. The first-order valence-electron chi connectivity index (χ1n) is 11.6. The number of rotatable bonds is 10. The van der Waals surface area contributed by atoms with Crippen molar-refractivity contribution in [3.05, 3.63) is 108 Å². The summed E-state index contributed by atoms with van der Waals surface area (Å²) in [5, 5.41) is 13.6. The van der Waals surface area contributed by atoms with Crippen molar-refractivity contribution < 1.29 is 4.79 Å². The molecular weight excluding hydrogens is 420 g/mol. The molecule has 0 heterocycles. The Morgan fingerprint density at radius 1 is 0.559 bits per heavy atom. The Bertz CT molecular complexity index is 1140. The van der Waals surface area contributed by atoms with Crippen LogP contribution in [0.2, 0.25) is 0 Å². The zero-order valence-corrected chi connectivity index (χ0v) is 19.6. The van der Waals surface area contributed by atoms with Crippen LogP contribution in [0.4, 0.5) is 34.1 Å². The molecule has 0 amide bonds. The van der Waals surface area contributed by atoms with Crippen molar-refractivity contribution in [3.8, 4) is 0 Å². The van der Waals surface area contributed by atoms with Crippen LogP contribution in [0, 0.1) is 0 Å². The summed E-state index contributed by atoms with van der Waals surface area (Å²) < 4.78 is 0. The molecule has 0 bridgehead atoms. The summed E-state index contributed by atoms with van der Waals surface area (Å²) in [6.07, 6.45) is 0. The smallest absolute Gasteiger partial charge is 0.193 e. The third-order valence-electron chi connectivity index (χ3n) is 5.40. The van der Waals surface area contributed by atoms with E-state index in [0.717, 1.165) is 47.2 Å². The van der Waals surface area contributed by atoms with Gasteiger partial charge in [0.05, 0.1) is 22.7 Å². The lowest BCUT2D eigenvalue weighted by molar-refractivity contribution is 0.103. The van der Waals surface area contributed by atoms with Crippen LogP contribution in [-0.2, 0) is 0 Å². The van der Waals surface area contributed by atoms with Gasteiger partial charge in [0, 0.05) is 35.6 Å². The van der Waals surface area contributed by atoms with E-state index >= 15 is 0 Å². The van der Waals surface area contributed by atoms with Gasteiger partial charge in [-0.05, 0) is 74.5 Å². The first kappa shape index (κ1) is 22.9. The number of hydrogen-bond donors (Lipinski definition) is 4. The van der Waals surface area contributed by atoms with E-state index < -0.39 is 0 Å². The molecular formula is C29H30N4O. The van der Waals surface area contributed by atoms with Crippen LogP contribution in [-0.4, -0.2) is 18.9 Å². The molecule has 34 heavy (non-hydrogen) atoms. The Morgan fingerprint density at radius 3 is 1.35 bits per heavy atom. The molecule has 0 saturated carbocycles. The predicted molar refractivity (Wildman–Crippen MR) is 144 cm³/mol. The maximum Gasteiger partial charge on any atom is 0.193 e. The number of carbonyl (C=O) groups excluding carboxylic acids is 1. The van der Waals surface area contributed by atoms with Crippen molar-refractivity contribution in [3.63, 3.8) is 0 Å². The maximum atomic E-state index is 13.4. The second kappa shape index (κ2) is 11.1. The molecule has 4 aromatic carbocycles. The zero-order valence-electron chi connectivity index (χ0n) is 19.6. The molecule has 5 nitrogen and oxygen atoms in total. The molecule has 0 aliphatic rings. The van der Waals surface area contributed by atoms with Gasteiger partial charge in [-0.25, -0.2) is 0 Å². The average Bonchev–Trinajstić information content (AvgIpc) is 2.87. The lowest BCUT2D eigenvalue weighted by Crippen LogP contribution is -2.08. The van der Waals surface area contributed by atoms with E-state index in [-0.39, 0.29) is 5.78 Å². The van der Waals surface area contributed by atoms with Crippen molar-refractivity contribution in [2.75, 3.05) is 34.4 Å². The normalized spacial score (nSPS) is 10.4. The van der Waals surface area contributed by atoms with Gasteiger partial charge in [0.2, 0.25) is 0 Å². The fraction of sp³-hybridized carbons (Fsp3) is 0.138. The maximum absolute atomic E-state index is 13.4. The van der Waals surface area contributed by atoms with Gasteiger partial charge in [-0.2, -0.15) is 0 Å². The highest BCUT2D eigenvalue weighted by Gasteiger charge is 2.14. The summed E-state index contributed by atoms with van der Waals surface area (Å²) >= 11 is 0. The molecule has 0 saturated heterocycles. The number of anilines is 6. The molecule has 0 aromatic heterocycles. The van der Waals surface area contributed by atoms with E-state index in [2.05, 4.69) is 21.3 Å². The van der Waals surface area contributed by atoms with Crippen LogP contribution in [0.15, 0.2) is 97.1 Å². The van der Waals surface area contributed by atoms with Crippen molar-refractivity contribution >= 4 is 39.9 Å². The summed E-state index contributed by atoms with van der Waals surface area (Å²) in [5.74, 6) is -0.0178. The van der Waals surface area contributed by atoms with E-state index in [1.165, 1.54) is 0 Å². The van der Waals surface area contributed by atoms with E-state index in [0.29, 0.717) is 11.1 Å². The fourth-order valence-electron chi connectivity index (χ4n) is 3.78. The highest BCUT2D eigenvalue weighted by atomic mass is 16.1. The van der Waals surface area contributed by atoms with E-state index in [9.17, 15) is 4.79 Å². The Morgan fingerprint density at radius 2 is 0.971 bits per heavy atom. The Kier molecular flexibility index (Phi) is 7.45. The quantitative estimate of drug-likeness (QED) is 0.191. The van der Waals surface area contributed by atoms with E-state index in [1.807, 2.05) is 111 Å². The second-order valence-electron chi connectivity index (χ2n) is 7.89. The lowest BCUT2D eigenvalue weighted by atomic mass is 10.0. The lowest BCUT2D eigenvalue weighted by Gasteiger charge is -2.16. The van der Waals surface area contributed by atoms with Crippen molar-refractivity contribution in [2.45, 2.75) is 13.8 Å². The predicted octanol–water partition coefficient (Wildman–Crippen LogP) is 7.27. The van der Waals surface area contributed by atoms with Gasteiger partial charge in [0.15, 0.2) is 5.78 Å². The second-order valence-corrected chi connectivity index (χ2v) is 7.89. The molecule has 0 fully saturated rings. The van der Waals surface area contributed by atoms with Crippen LogP contribution in [0.3, 0.4) is 0 Å². The Balaban J connectivity index is 1.61. The van der Waals surface area contributed by atoms with Crippen LogP contribution in [0.1, 0.15) is 29.8 Å². The summed E-state index contributed by atoms with van der Waals surface area (Å²) in [4.78, 5) is 13.4. The van der Waals surface area contributed by atoms with Gasteiger partial charge in [-0.1, -0.05) is 36.4 Å². The number of hydrogen-bond acceptors (Lipinski definition) is 5. The van der Waals surface area contributed by atoms with E-state index in [4.69, 9.17) is 0 Å². The molecule has 5 heteroatoms. The Labute approximate surface area is 201 Å². The largest absolute Gasteiger partial charge is 0.384 e. The summed E-state index contributed by atoms with van der Waals surface area (Å²) in [7, 11) is 0. The average molecular weight is 451 g/mol. The highest BCUT2D eigenvalue weighted by molar-refractivity contribution is 6.11. The van der Waals surface area contributed by atoms with Gasteiger partial charge in [-0.15, -0.1) is 0 Å². The molecule has 172 valence electrons. The first-order valence-corrected chi connectivity index (χ1v) is 11.6. The van der Waals surface area contributed by atoms with Gasteiger partial charge in [0.25, 0.3) is 0 Å². The molecule has 0 atom stereocenters. The summed E-state index contributed by atoms with van der Waals surface area (Å²) in [5.41, 5.74) is 6.93. The Hall–Kier alpha value is -4.25. The highest BCUT2D eigenvalue weighted by Crippen LogP contribution is 2.30. The zero-order chi connectivity index (χ0) is 23.8. The third-order valence-corrected chi connectivity index (χ3v) is 5.40. The first-order chi connectivity index (χ1) is 16.7. The minimum atomic E-state index is -0.0178. The molecule has 4 rings (SSSR count). The van der Waals surface area contributed by atoms with Crippen molar-refractivity contribution in [1.82, 2.24) is 0 Å². The fourth-order valence-corrected chi connectivity index (χ4v) is 3.78. The molecule has 0 aliphatic heterocycles. The minimum absolute atomic E-state index is 0.0178. The standard InChI is InChI=1S/C29H30N4O/c1-3-30-27-19-21(15-17-25(27)32-23-11-7-5-8-12-23)29(34)22-16-18-26(28(20-22)31-4-2)33-24-13-9-6-10-14-24/h5-20,30-33H,3-4H2,1-2H3. The number of carbonyl (C=O) groups is 1. The number of para-hydroxylation sites is 2.